The second-order valence-corrected chi connectivity index (χ2v) is 10.0. The van der Waals surface area contributed by atoms with Gasteiger partial charge in [-0.15, -0.1) is 0 Å². The summed E-state index contributed by atoms with van der Waals surface area (Å²) in [4.78, 5) is 17.8. The van der Waals surface area contributed by atoms with Crippen molar-refractivity contribution < 1.29 is 4.79 Å². The molecule has 2 saturated heterocycles. The van der Waals surface area contributed by atoms with Crippen molar-refractivity contribution in [2.75, 3.05) is 44.6 Å². The minimum atomic E-state index is 0.292. The molecule has 160 valence electrons. The molecular formula is C24H36ClN3O. The van der Waals surface area contributed by atoms with Gasteiger partial charge in [-0.1, -0.05) is 37.4 Å². The molecule has 4 unspecified atom stereocenters. The van der Waals surface area contributed by atoms with Crippen LogP contribution in [0, 0.1) is 30.6 Å². The number of benzene rings is 1. The molecule has 0 aromatic heterocycles. The number of amides is 1. The summed E-state index contributed by atoms with van der Waals surface area (Å²) in [7, 11) is 0. The summed E-state index contributed by atoms with van der Waals surface area (Å²) >= 11 is 6.20. The first-order valence-electron chi connectivity index (χ1n) is 11.5. The van der Waals surface area contributed by atoms with E-state index in [2.05, 4.69) is 34.2 Å². The third kappa shape index (κ3) is 4.91. The Hall–Kier alpha value is -1.26. The van der Waals surface area contributed by atoms with Crippen LogP contribution in [-0.2, 0) is 4.79 Å². The van der Waals surface area contributed by atoms with Crippen molar-refractivity contribution in [3.05, 3.63) is 28.8 Å². The van der Waals surface area contributed by atoms with E-state index in [0.717, 1.165) is 68.4 Å². The molecular weight excluding hydrogens is 382 g/mol. The molecule has 1 amide bonds. The molecule has 2 heterocycles. The van der Waals surface area contributed by atoms with Crippen LogP contribution in [0.15, 0.2) is 18.2 Å². The van der Waals surface area contributed by atoms with Crippen LogP contribution in [0.3, 0.4) is 0 Å². The van der Waals surface area contributed by atoms with Crippen LogP contribution in [-0.4, -0.2) is 55.0 Å². The van der Waals surface area contributed by atoms with E-state index in [4.69, 9.17) is 11.6 Å². The SMILES string of the molecule is Cc1ccc(NCCCN2CC3CN(C(=O)C4CCCCC4C)CC3C2)cc1Cl. The van der Waals surface area contributed by atoms with Crippen molar-refractivity contribution in [2.45, 2.75) is 46.0 Å². The van der Waals surface area contributed by atoms with E-state index in [9.17, 15) is 4.79 Å². The average Bonchev–Trinajstić information content (AvgIpc) is 3.26. The van der Waals surface area contributed by atoms with E-state index in [0.29, 0.717) is 29.6 Å². The second kappa shape index (κ2) is 9.26. The standard InChI is InChI=1S/C24H36ClN3O/c1-17-6-3-4-7-22(17)24(29)28-15-19-13-27(14-20(19)16-28)11-5-10-26-21-9-8-18(2)23(25)12-21/h8-9,12,17,19-20,22,26H,3-7,10-11,13-16H2,1-2H3. The molecule has 3 fully saturated rings. The zero-order valence-electron chi connectivity index (χ0n) is 18.0. The fourth-order valence-corrected chi connectivity index (χ4v) is 5.79. The Bertz CT molecular complexity index is 710. The van der Waals surface area contributed by atoms with Gasteiger partial charge in [0.15, 0.2) is 0 Å². The van der Waals surface area contributed by atoms with Crippen LogP contribution in [0.5, 0.6) is 0 Å². The Kier molecular flexibility index (Phi) is 6.70. The molecule has 0 bridgehead atoms. The van der Waals surface area contributed by atoms with Crippen molar-refractivity contribution in [3.8, 4) is 0 Å². The lowest BCUT2D eigenvalue weighted by Crippen LogP contribution is -2.40. The Morgan fingerprint density at radius 1 is 1.14 bits per heavy atom. The highest BCUT2D eigenvalue weighted by Crippen LogP contribution is 2.36. The quantitative estimate of drug-likeness (QED) is 0.683. The van der Waals surface area contributed by atoms with Crippen LogP contribution in [0.25, 0.3) is 0 Å². The monoisotopic (exact) mass is 417 g/mol. The fourth-order valence-electron chi connectivity index (χ4n) is 5.61. The molecule has 1 saturated carbocycles. The van der Waals surface area contributed by atoms with E-state index in [-0.39, 0.29) is 0 Å². The van der Waals surface area contributed by atoms with Gasteiger partial charge in [0.2, 0.25) is 5.91 Å². The smallest absolute Gasteiger partial charge is 0.225 e. The van der Waals surface area contributed by atoms with Gasteiger partial charge in [-0.3, -0.25) is 4.79 Å². The van der Waals surface area contributed by atoms with Crippen molar-refractivity contribution in [1.29, 1.82) is 0 Å². The lowest BCUT2D eigenvalue weighted by molar-refractivity contribution is -0.137. The third-order valence-corrected chi connectivity index (χ3v) is 7.86. The lowest BCUT2D eigenvalue weighted by atomic mass is 9.79. The predicted octanol–water partition coefficient (Wildman–Crippen LogP) is 4.67. The number of hydrogen-bond donors (Lipinski definition) is 1. The van der Waals surface area contributed by atoms with Crippen LogP contribution in [0.1, 0.15) is 44.6 Å². The first-order chi connectivity index (χ1) is 14.0. The second-order valence-electron chi connectivity index (χ2n) is 9.64. The Morgan fingerprint density at radius 2 is 1.86 bits per heavy atom. The first kappa shape index (κ1) is 21.0. The minimum Gasteiger partial charge on any atom is -0.385 e. The van der Waals surface area contributed by atoms with Crippen molar-refractivity contribution >= 4 is 23.2 Å². The van der Waals surface area contributed by atoms with Gasteiger partial charge in [0.25, 0.3) is 0 Å². The third-order valence-electron chi connectivity index (χ3n) is 7.45. The summed E-state index contributed by atoms with van der Waals surface area (Å²) in [5, 5.41) is 4.31. The number of nitrogens with one attached hydrogen (secondary N) is 1. The van der Waals surface area contributed by atoms with Crippen LogP contribution < -0.4 is 5.32 Å². The molecule has 1 aromatic rings. The van der Waals surface area contributed by atoms with Crippen molar-refractivity contribution in [1.82, 2.24) is 9.80 Å². The van der Waals surface area contributed by atoms with Gasteiger partial charge in [-0.05, 0) is 68.2 Å². The van der Waals surface area contributed by atoms with Gasteiger partial charge < -0.3 is 15.1 Å². The van der Waals surface area contributed by atoms with Crippen LogP contribution in [0.2, 0.25) is 5.02 Å². The van der Waals surface area contributed by atoms with Crippen molar-refractivity contribution in [3.63, 3.8) is 0 Å². The molecule has 4 nitrogen and oxygen atoms in total. The number of likely N-dealkylation sites (tertiary alicyclic amines) is 2. The Balaban J connectivity index is 1.17. The van der Waals surface area contributed by atoms with E-state index in [1.165, 1.54) is 19.3 Å². The number of nitrogens with zero attached hydrogens (tertiary/aromatic N) is 2. The van der Waals surface area contributed by atoms with Gasteiger partial charge >= 0.3 is 0 Å². The van der Waals surface area contributed by atoms with Gasteiger partial charge in [0, 0.05) is 49.4 Å². The fraction of sp³-hybridized carbons (Fsp3) is 0.708. The maximum atomic E-state index is 13.0. The van der Waals surface area contributed by atoms with E-state index in [1.807, 2.05) is 13.0 Å². The zero-order chi connectivity index (χ0) is 20.4. The van der Waals surface area contributed by atoms with Gasteiger partial charge in [0.1, 0.15) is 0 Å². The molecule has 0 spiro atoms. The summed E-state index contributed by atoms with van der Waals surface area (Å²) in [5.41, 5.74) is 2.22. The number of fused-ring (bicyclic) bond motifs is 1. The van der Waals surface area contributed by atoms with Crippen LogP contribution in [0.4, 0.5) is 5.69 Å². The molecule has 0 radical (unpaired) electrons. The Labute approximate surface area is 181 Å². The summed E-state index contributed by atoms with van der Waals surface area (Å²) in [6.45, 7) is 10.7. The van der Waals surface area contributed by atoms with E-state index < -0.39 is 0 Å². The highest BCUT2D eigenvalue weighted by Gasteiger charge is 2.43. The molecule has 2 aliphatic heterocycles. The normalized spacial score (nSPS) is 29.8. The summed E-state index contributed by atoms with van der Waals surface area (Å²) in [5.74, 6) is 2.69. The molecule has 1 N–H and O–H groups in total. The number of carbonyl (C=O) groups excluding carboxylic acids is 1. The molecule has 1 aliphatic carbocycles. The number of hydrogen-bond acceptors (Lipinski definition) is 3. The molecule has 5 heteroatoms. The highest BCUT2D eigenvalue weighted by molar-refractivity contribution is 6.31. The van der Waals surface area contributed by atoms with Gasteiger partial charge in [-0.25, -0.2) is 0 Å². The molecule has 29 heavy (non-hydrogen) atoms. The molecule has 1 aromatic carbocycles. The summed E-state index contributed by atoms with van der Waals surface area (Å²) < 4.78 is 0. The number of rotatable bonds is 6. The van der Waals surface area contributed by atoms with E-state index >= 15 is 0 Å². The average molecular weight is 418 g/mol. The Morgan fingerprint density at radius 3 is 2.55 bits per heavy atom. The number of halogens is 1. The van der Waals surface area contributed by atoms with Gasteiger partial charge in [-0.2, -0.15) is 0 Å². The maximum Gasteiger partial charge on any atom is 0.225 e. The van der Waals surface area contributed by atoms with Crippen molar-refractivity contribution in [2.24, 2.45) is 23.7 Å². The summed E-state index contributed by atoms with van der Waals surface area (Å²) in [6, 6.07) is 6.17. The highest BCUT2D eigenvalue weighted by atomic mass is 35.5. The zero-order valence-corrected chi connectivity index (χ0v) is 18.8. The van der Waals surface area contributed by atoms with Gasteiger partial charge in [0.05, 0.1) is 0 Å². The van der Waals surface area contributed by atoms with E-state index in [1.54, 1.807) is 0 Å². The first-order valence-corrected chi connectivity index (χ1v) is 11.9. The topological polar surface area (TPSA) is 35.6 Å². The predicted molar refractivity (Wildman–Crippen MR) is 120 cm³/mol. The number of carbonyl (C=O) groups is 1. The largest absolute Gasteiger partial charge is 0.385 e. The summed E-state index contributed by atoms with van der Waals surface area (Å²) in [6.07, 6.45) is 6.01. The molecule has 3 aliphatic rings. The lowest BCUT2D eigenvalue weighted by Gasteiger charge is -2.32. The number of aryl methyl sites for hydroxylation is 1. The minimum absolute atomic E-state index is 0.292. The van der Waals surface area contributed by atoms with Crippen LogP contribution >= 0.6 is 11.6 Å². The molecule has 4 atom stereocenters. The number of anilines is 1. The molecule has 4 rings (SSSR count). The maximum absolute atomic E-state index is 13.0.